The Morgan fingerprint density at radius 1 is 0.321 bits per heavy atom. The molecule has 1 nitrogen and oxygen atoms in total. The van der Waals surface area contributed by atoms with Gasteiger partial charge in [0, 0.05) is 11.9 Å². The minimum absolute atomic E-state index is 1.21. The Kier molecular flexibility index (Phi) is 40.8. The van der Waals surface area contributed by atoms with Crippen molar-refractivity contribution in [2.24, 2.45) is 0 Å². The van der Waals surface area contributed by atoms with Gasteiger partial charge in [-0.2, -0.15) is 0 Å². The summed E-state index contributed by atoms with van der Waals surface area (Å²) < 4.78 is 0. The number of unbranched alkanes of at least 4 members (excludes halogenated alkanes) is 40. The molecule has 0 unspecified atom stereocenters. The van der Waals surface area contributed by atoms with Gasteiger partial charge >= 0.3 is 0 Å². The Balaban J connectivity index is 1.82. The topological polar surface area (TPSA) is 15.8 Å². The molecule has 0 spiro atoms. The van der Waals surface area contributed by atoms with Gasteiger partial charge in [0.2, 0.25) is 0 Å². The molecule has 1 heteroatoms. The molecule has 0 aliphatic carbocycles. The minimum atomic E-state index is 1.21. The van der Waals surface area contributed by atoms with Crippen molar-refractivity contribution in [3.8, 4) is 0 Å². The van der Waals surface area contributed by atoms with E-state index in [9.17, 15) is 0 Å². The van der Waals surface area contributed by atoms with E-state index in [0.29, 0.717) is 0 Å². The van der Waals surface area contributed by atoms with E-state index in [1.807, 2.05) is 0 Å². The van der Waals surface area contributed by atoms with Gasteiger partial charge in [-0.3, -0.25) is 0 Å². The maximum Gasteiger partial charge on any atom is 0.0450 e. The average Bonchev–Trinajstić information content (AvgIpc) is 3.62. The first-order valence-corrected chi connectivity index (χ1v) is 24.9. The van der Waals surface area contributed by atoms with Crippen LogP contribution in [-0.2, 0) is 0 Å². The highest BCUT2D eigenvalue weighted by atomic mass is 14.7. The molecule has 1 heterocycles. The van der Waals surface area contributed by atoms with Gasteiger partial charge in [0.15, 0.2) is 0 Å². The van der Waals surface area contributed by atoms with E-state index in [1.54, 1.807) is 0 Å². The normalized spacial score (nSPS) is 12.0. The van der Waals surface area contributed by atoms with Crippen LogP contribution in [0, 0.1) is 0 Å². The van der Waals surface area contributed by atoms with Crippen LogP contribution >= 0.6 is 0 Å². The highest BCUT2D eigenvalue weighted by Gasteiger charge is 1.99. The van der Waals surface area contributed by atoms with Gasteiger partial charge in [0.25, 0.3) is 0 Å². The molecule has 0 amide bonds. The quantitative estimate of drug-likeness (QED) is 0.0642. The third-order valence-corrected chi connectivity index (χ3v) is 11.8. The number of nitrogens with one attached hydrogen (secondary N) is 1. The van der Waals surface area contributed by atoms with Gasteiger partial charge in [-0.15, -0.1) is 0 Å². The van der Waals surface area contributed by atoms with Crippen molar-refractivity contribution in [3.63, 3.8) is 0 Å². The molecular weight excluding hydrogens is 639 g/mol. The predicted molar refractivity (Wildman–Crippen MR) is 244 cm³/mol. The van der Waals surface area contributed by atoms with Crippen LogP contribution < -0.4 is 0 Å². The maximum atomic E-state index is 3.45. The lowest BCUT2D eigenvalue weighted by atomic mass is 10.0. The molecule has 0 aromatic carbocycles. The fraction of sp³-hybridized carbons (Fsp3) is 0.846. The molecule has 0 aliphatic rings. The first kappa shape index (κ1) is 49.8. The summed E-state index contributed by atoms with van der Waals surface area (Å²) in [5.41, 5.74) is 2.62. The van der Waals surface area contributed by atoms with Crippen LogP contribution in [-0.4, -0.2) is 4.98 Å². The van der Waals surface area contributed by atoms with Crippen LogP contribution in [0.4, 0.5) is 0 Å². The lowest BCUT2D eigenvalue weighted by Crippen LogP contribution is -1.84. The number of H-pyrrole nitrogens is 1. The first-order chi connectivity index (χ1) is 26.4. The van der Waals surface area contributed by atoms with Gasteiger partial charge in [-0.05, 0) is 43.4 Å². The number of aromatic amines is 1. The largest absolute Gasteiger partial charge is 0.361 e. The summed E-state index contributed by atoms with van der Waals surface area (Å²) >= 11 is 0. The molecule has 1 aromatic rings. The van der Waals surface area contributed by atoms with Crippen molar-refractivity contribution in [2.45, 2.75) is 284 Å². The van der Waals surface area contributed by atoms with Crippen molar-refractivity contribution >= 4 is 12.2 Å². The number of rotatable bonds is 44. The number of allylic oxidation sites excluding steroid dienone is 2. The van der Waals surface area contributed by atoms with Gasteiger partial charge in [0.1, 0.15) is 0 Å². The summed E-state index contributed by atoms with van der Waals surface area (Å²) in [5, 5.41) is 0. The zero-order valence-corrected chi connectivity index (χ0v) is 36.7. The van der Waals surface area contributed by atoms with Crippen LogP contribution in [0.1, 0.15) is 295 Å². The molecule has 0 aliphatic heterocycles. The second-order valence-electron chi connectivity index (χ2n) is 17.2. The number of hydrogen-bond acceptors (Lipinski definition) is 0. The second kappa shape index (κ2) is 43.5. The molecule has 0 saturated carbocycles. The Labute approximate surface area is 335 Å². The van der Waals surface area contributed by atoms with E-state index in [0.717, 1.165) is 0 Å². The second-order valence-corrected chi connectivity index (χ2v) is 17.2. The van der Waals surface area contributed by atoms with E-state index >= 15 is 0 Å². The standard InChI is InChI=1S/C52H97N/c1-3-5-7-9-11-13-15-17-19-21-23-25-27-29-31-33-35-37-39-41-43-45-47-51-49-50-53-52(51)48-46-44-42-40-38-36-34-32-30-28-26-24-22-20-18-16-14-12-10-8-6-4-2/h45-50,53H,3-44H2,1-2H3/b47-45+,48-46+. The summed E-state index contributed by atoms with van der Waals surface area (Å²) in [5.74, 6) is 0. The first-order valence-electron chi connectivity index (χ1n) is 24.9. The molecule has 0 radical (unpaired) electrons. The van der Waals surface area contributed by atoms with Crippen molar-refractivity contribution in [2.75, 3.05) is 0 Å². The van der Waals surface area contributed by atoms with E-state index in [4.69, 9.17) is 0 Å². The molecule has 1 aromatic heterocycles. The van der Waals surface area contributed by atoms with E-state index in [2.05, 4.69) is 55.4 Å². The van der Waals surface area contributed by atoms with Gasteiger partial charge in [0.05, 0.1) is 0 Å². The molecule has 0 bridgehead atoms. The zero-order chi connectivity index (χ0) is 37.8. The number of aromatic nitrogens is 1. The fourth-order valence-electron chi connectivity index (χ4n) is 8.13. The summed E-state index contributed by atoms with van der Waals surface area (Å²) in [4.78, 5) is 3.45. The number of hydrogen-bond donors (Lipinski definition) is 1. The minimum Gasteiger partial charge on any atom is -0.361 e. The third-order valence-electron chi connectivity index (χ3n) is 11.8. The monoisotopic (exact) mass is 736 g/mol. The van der Waals surface area contributed by atoms with Crippen molar-refractivity contribution in [3.05, 3.63) is 35.7 Å². The molecule has 53 heavy (non-hydrogen) atoms. The molecule has 1 N–H and O–H groups in total. The van der Waals surface area contributed by atoms with Gasteiger partial charge in [-0.1, -0.05) is 276 Å². The van der Waals surface area contributed by atoms with Crippen LogP contribution in [0.5, 0.6) is 0 Å². The Bertz CT molecular complexity index is 792. The van der Waals surface area contributed by atoms with Crippen LogP contribution in [0.25, 0.3) is 12.2 Å². The Hall–Kier alpha value is -1.24. The molecule has 0 saturated heterocycles. The van der Waals surface area contributed by atoms with Crippen molar-refractivity contribution in [1.29, 1.82) is 0 Å². The molecule has 0 atom stereocenters. The summed E-state index contributed by atoms with van der Waals surface area (Å²) in [7, 11) is 0. The lowest BCUT2D eigenvalue weighted by molar-refractivity contribution is 0.522. The van der Waals surface area contributed by atoms with E-state index in [-0.39, 0.29) is 0 Å². The average molecular weight is 736 g/mol. The van der Waals surface area contributed by atoms with Crippen LogP contribution in [0.15, 0.2) is 24.4 Å². The SMILES string of the molecule is CCCCCCCCCCCCCCCCCCCCCC/C=C/c1cc[nH]c1/C=C/CCCCCCCCCCCCCCCCCCCCCC. The van der Waals surface area contributed by atoms with Crippen LogP contribution in [0.3, 0.4) is 0 Å². The zero-order valence-electron chi connectivity index (χ0n) is 36.7. The summed E-state index contributed by atoms with van der Waals surface area (Å²) in [6, 6.07) is 2.23. The molecular formula is C52H97N. The molecule has 310 valence electrons. The fourth-order valence-corrected chi connectivity index (χ4v) is 8.13. The maximum absolute atomic E-state index is 3.45. The third kappa shape index (κ3) is 37.5. The lowest BCUT2D eigenvalue weighted by Gasteiger charge is -2.04. The van der Waals surface area contributed by atoms with Crippen molar-refractivity contribution in [1.82, 2.24) is 4.98 Å². The highest BCUT2D eigenvalue weighted by Crippen LogP contribution is 2.18. The predicted octanol–water partition coefficient (Wildman–Crippen LogP) is 19.5. The van der Waals surface area contributed by atoms with Crippen LogP contribution in [0.2, 0.25) is 0 Å². The van der Waals surface area contributed by atoms with Crippen molar-refractivity contribution < 1.29 is 0 Å². The Morgan fingerprint density at radius 2 is 0.566 bits per heavy atom. The van der Waals surface area contributed by atoms with Gasteiger partial charge < -0.3 is 4.98 Å². The summed E-state index contributed by atoms with van der Waals surface area (Å²) in [6.07, 6.45) is 71.9. The van der Waals surface area contributed by atoms with Gasteiger partial charge in [-0.25, -0.2) is 0 Å². The summed E-state index contributed by atoms with van der Waals surface area (Å²) in [6.45, 7) is 4.62. The molecule has 0 fully saturated rings. The van der Waals surface area contributed by atoms with E-state index in [1.165, 1.54) is 281 Å². The van der Waals surface area contributed by atoms with E-state index < -0.39 is 0 Å². The molecule has 1 rings (SSSR count). The highest BCUT2D eigenvalue weighted by molar-refractivity contribution is 5.62. The Morgan fingerprint density at radius 3 is 0.849 bits per heavy atom. The smallest absolute Gasteiger partial charge is 0.0450 e.